The second-order valence-electron chi connectivity index (χ2n) is 6.26. The molecule has 0 saturated heterocycles. The number of hydrogen-bond donors (Lipinski definition) is 1. The molecule has 4 nitrogen and oxygen atoms in total. The van der Waals surface area contributed by atoms with E-state index in [4.69, 9.17) is 16.3 Å². The van der Waals surface area contributed by atoms with E-state index in [1.165, 1.54) is 12.1 Å². The second kappa shape index (κ2) is 7.23. The largest absolute Gasteiger partial charge is 0.455 e. The summed E-state index contributed by atoms with van der Waals surface area (Å²) < 4.78 is 43.9. The number of carbonyl (C=O) groups is 2. The SMILES string of the molecule is O=C(COC(=O)C1(c2ccc(Cl)cc2)CC1)Nc1ccccc1C(F)(F)F. The van der Waals surface area contributed by atoms with Crippen molar-refractivity contribution in [3.63, 3.8) is 0 Å². The lowest BCUT2D eigenvalue weighted by atomic mass is 9.96. The lowest BCUT2D eigenvalue weighted by Gasteiger charge is -2.16. The first-order valence-electron chi connectivity index (χ1n) is 8.12. The van der Waals surface area contributed by atoms with Crippen molar-refractivity contribution in [2.45, 2.75) is 24.4 Å². The Kier molecular flexibility index (Phi) is 5.15. The first-order valence-corrected chi connectivity index (χ1v) is 8.49. The van der Waals surface area contributed by atoms with Crippen LogP contribution in [0.1, 0.15) is 24.0 Å². The maximum absolute atomic E-state index is 12.9. The summed E-state index contributed by atoms with van der Waals surface area (Å²) in [6, 6.07) is 11.3. The average Bonchev–Trinajstić information content (AvgIpc) is 3.42. The number of para-hydroxylation sites is 1. The van der Waals surface area contributed by atoms with Gasteiger partial charge in [-0.25, -0.2) is 0 Å². The molecule has 142 valence electrons. The molecule has 3 rings (SSSR count). The van der Waals surface area contributed by atoms with Gasteiger partial charge in [-0.05, 0) is 42.7 Å². The van der Waals surface area contributed by atoms with Crippen LogP contribution in [-0.4, -0.2) is 18.5 Å². The molecule has 0 aliphatic heterocycles. The highest BCUT2D eigenvalue weighted by Crippen LogP contribution is 2.49. The first-order chi connectivity index (χ1) is 12.7. The zero-order chi connectivity index (χ0) is 19.7. The molecule has 1 N–H and O–H groups in total. The minimum absolute atomic E-state index is 0.384. The van der Waals surface area contributed by atoms with E-state index >= 15 is 0 Å². The van der Waals surface area contributed by atoms with Crippen molar-refractivity contribution >= 4 is 29.2 Å². The number of alkyl halides is 3. The van der Waals surface area contributed by atoms with Gasteiger partial charge in [-0.2, -0.15) is 13.2 Å². The number of esters is 1. The highest BCUT2D eigenvalue weighted by molar-refractivity contribution is 6.30. The van der Waals surface area contributed by atoms with Crippen LogP contribution in [0.15, 0.2) is 48.5 Å². The molecule has 0 spiro atoms. The van der Waals surface area contributed by atoms with E-state index in [9.17, 15) is 22.8 Å². The molecule has 8 heteroatoms. The smallest absolute Gasteiger partial charge is 0.418 e. The number of amides is 1. The average molecular weight is 398 g/mol. The van der Waals surface area contributed by atoms with Gasteiger partial charge < -0.3 is 10.1 Å². The van der Waals surface area contributed by atoms with Crippen molar-refractivity contribution in [2.24, 2.45) is 0 Å². The quantitative estimate of drug-likeness (QED) is 0.752. The molecule has 1 amide bonds. The van der Waals surface area contributed by atoms with E-state index in [2.05, 4.69) is 5.32 Å². The predicted octanol–water partition coefficient (Wildman–Crippen LogP) is 4.57. The third-order valence-electron chi connectivity index (χ3n) is 4.38. The summed E-state index contributed by atoms with van der Waals surface area (Å²) in [5.74, 6) is -1.42. The van der Waals surface area contributed by atoms with Crippen molar-refractivity contribution in [2.75, 3.05) is 11.9 Å². The van der Waals surface area contributed by atoms with Crippen LogP contribution >= 0.6 is 11.6 Å². The first kappa shape index (κ1) is 19.2. The van der Waals surface area contributed by atoms with Gasteiger partial charge in [0.2, 0.25) is 0 Å². The Balaban J connectivity index is 1.62. The number of ether oxygens (including phenoxy) is 1. The molecule has 0 atom stereocenters. The number of halogens is 4. The van der Waals surface area contributed by atoms with Gasteiger partial charge in [-0.3, -0.25) is 9.59 Å². The molecule has 1 fully saturated rings. The van der Waals surface area contributed by atoms with Gasteiger partial charge in [-0.15, -0.1) is 0 Å². The number of hydrogen-bond acceptors (Lipinski definition) is 3. The third-order valence-corrected chi connectivity index (χ3v) is 4.63. The van der Waals surface area contributed by atoms with Gasteiger partial charge in [-0.1, -0.05) is 35.9 Å². The minimum atomic E-state index is -4.60. The highest BCUT2D eigenvalue weighted by atomic mass is 35.5. The zero-order valence-electron chi connectivity index (χ0n) is 14.0. The molecular formula is C19H15ClF3NO3. The lowest BCUT2D eigenvalue weighted by molar-refractivity contribution is -0.150. The predicted molar refractivity (Wildman–Crippen MR) is 93.4 cm³/mol. The Labute approximate surface area is 158 Å². The van der Waals surface area contributed by atoms with E-state index in [0.29, 0.717) is 17.9 Å². The van der Waals surface area contributed by atoms with Crippen molar-refractivity contribution < 1.29 is 27.5 Å². The molecule has 27 heavy (non-hydrogen) atoms. The molecule has 0 heterocycles. The summed E-state index contributed by atoms with van der Waals surface area (Å²) in [6.45, 7) is -0.666. The Morgan fingerprint density at radius 3 is 2.30 bits per heavy atom. The van der Waals surface area contributed by atoms with Crippen LogP contribution in [0, 0.1) is 0 Å². The normalized spacial score (nSPS) is 15.1. The second-order valence-corrected chi connectivity index (χ2v) is 6.69. The third kappa shape index (κ3) is 4.24. The van der Waals surface area contributed by atoms with Crippen molar-refractivity contribution in [3.05, 3.63) is 64.7 Å². The molecule has 0 bridgehead atoms. The molecule has 2 aromatic carbocycles. The number of benzene rings is 2. The van der Waals surface area contributed by atoms with Gasteiger partial charge in [0.1, 0.15) is 0 Å². The van der Waals surface area contributed by atoms with Crippen LogP contribution in [0.4, 0.5) is 18.9 Å². The van der Waals surface area contributed by atoms with Gasteiger partial charge in [0.05, 0.1) is 16.7 Å². The minimum Gasteiger partial charge on any atom is -0.455 e. The number of rotatable bonds is 5. The highest BCUT2D eigenvalue weighted by Gasteiger charge is 2.52. The molecule has 0 radical (unpaired) electrons. The van der Waals surface area contributed by atoms with Gasteiger partial charge in [0.25, 0.3) is 5.91 Å². The molecule has 0 aromatic heterocycles. The monoisotopic (exact) mass is 397 g/mol. The number of nitrogens with one attached hydrogen (secondary N) is 1. The summed E-state index contributed by atoms with van der Waals surface area (Å²) in [6.07, 6.45) is -3.45. The van der Waals surface area contributed by atoms with Crippen LogP contribution in [0.3, 0.4) is 0 Å². The summed E-state index contributed by atoms with van der Waals surface area (Å²) in [4.78, 5) is 24.3. The fraction of sp³-hybridized carbons (Fsp3) is 0.263. The van der Waals surface area contributed by atoms with E-state index in [-0.39, 0.29) is 5.69 Å². The Hall–Kier alpha value is -2.54. The maximum atomic E-state index is 12.9. The fourth-order valence-corrected chi connectivity index (χ4v) is 2.93. The Morgan fingerprint density at radius 1 is 1.07 bits per heavy atom. The summed E-state index contributed by atoms with van der Waals surface area (Å²) in [5, 5.41) is 2.67. The van der Waals surface area contributed by atoms with Crippen molar-refractivity contribution in [1.29, 1.82) is 0 Å². The molecule has 1 aliphatic rings. The summed E-state index contributed by atoms with van der Waals surface area (Å²) in [7, 11) is 0. The van der Waals surface area contributed by atoms with Crippen LogP contribution in [-0.2, 0) is 25.9 Å². The van der Waals surface area contributed by atoms with Crippen molar-refractivity contribution in [3.8, 4) is 0 Å². The summed E-state index contributed by atoms with van der Waals surface area (Å²) >= 11 is 5.84. The van der Waals surface area contributed by atoms with Crippen molar-refractivity contribution in [1.82, 2.24) is 0 Å². The van der Waals surface area contributed by atoms with Crippen LogP contribution in [0.2, 0.25) is 5.02 Å². The standard InChI is InChI=1S/C19H15ClF3NO3/c20-13-7-5-12(6-8-13)18(9-10-18)17(26)27-11-16(25)24-15-4-2-1-3-14(15)19(21,22)23/h1-8H,9-11H2,(H,24,25). The molecule has 1 saturated carbocycles. The van der Waals surface area contributed by atoms with E-state index in [1.54, 1.807) is 24.3 Å². The summed E-state index contributed by atoms with van der Waals surface area (Å²) in [5.41, 5.74) is -1.43. The lowest BCUT2D eigenvalue weighted by Crippen LogP contribution is -2.28. The van der Waals surface area contributed by atoms with Crippen LogP contribution in [0.5, 0.6) is 0 Å². The molecule has 1 aliphatic carbocycles. The van der Waals surface area contributed by atoms with Crippen LogP contribution in [0.25, 0.3) is 0 Å². The van der Waals surface area contributed by atoms with E-state index in [1.807, 2.05) is 0 Å². The zero-order valence-corrected chi connectivity index (χ0v) is 14.7. The van der Waals surface area contributed by atoms with Crippen LogP contribution < -0.4 is 5.32 Å². The van der Waals surface area contributed by atoms with E-state index < -0.39 is 35.6 Å². The number of carbonyl (C=O) groups excluding carboxylic acids is 2. The molecule has 0 unspecified atom stereocenters. The van der Waals surface area contributed by atoms with Gasteiger partial charge >= 0.3 is 12.1 Å². The van der Waals surface area contributed by atoms with Gasteiger partial charge in [0, 0.05) is 5.02 Å². The molecule has 2 aromatic rings. The fourth-order valence-electron chi connectivity index (χ4n) is 2.80. The van der Waals surface area contributed by atoms with Gasteiger partial charge in [0.15, 0.2) is 6.61 Å². The Morgan fingerprint density at radius 2 is 1.70 bits per heavy atom. The Bertz CT molecular complexity index is 861. The maximum Gasteiger partial charge on any atom is 0.418 e. The van der Waals surface area contributed by atoms with E-state index in [0.717, 1.165) is 17.7 Å². The topological polar surface area (TPSA) is 55.4 Å². The number of anilines is 1. The molecular weight excluding hydrogens is 383 g/mol.